The fraction of sp³-hybridized carbons (Fsp3) is 0.118. The summed E-state index contributed by atoms with van der Waals surface area (Å²) in [5.74, 6) is 0. The molecule has 3 rings (SSSR count). The molecule has 0 spiro atoms. The number of benzene rings is 2. The van der Waals surface area contributed by atoms with Crippen molar-refractivity contribution in [3.05, 3.63) is 65.9 Å². The monoisotopic (exact) mass is 249 g/mol. The van der Waals surface area contributed by atoms with Gasteiger partial charge in [-0.1, -0.05) is 42.0 Å². The van der Waals surface area contributed by atoms with E-state index in [0.29, 0.717) is 0 Å². The highest BCUT2D eigenvalue weighted by atomic mass is 16.3. The Morgan fingerprint density at radius 3 is 2.58 bits per heavy atom. The summed E-state index contributed by atoms with van der Waals surface area (Å²) < 4.78 is 0. The Labute approximate surface area is 112 Å². The van der Waals surface area contributed by atoms with Crippen LogP contribution in [0.25, 0.3) is 22.0 Å². The number of nitrogens with zero attached hydrogens (tertiary/aromatic N) is 1. The molecule has 2 aromatic carbocycles. The Morgan fingerprint density at radius 2 is 1.84 bits per heavy atom. The third kappa shape index (κ3) is 2.11. The van der Waals surface area contributed by atoms with E-state index >= 15 is 0 Å². The number of fused-ring (bicyclic) bond motifs is 1. The average molecular weight is 249 g/mol. The predicted octanol–water partition coefficient (Wildman–Crippen LogP) is 3.70. The maximum absolute atomic E-state index is 9.57. The van der Waals surface area contributed by atoms with Crippen LogP contribution in [0.3, 0.4) is 0 Å². The van der Waals surface area contributed by atoms with E-state index in [9.17, 15) is 5.11 Å². The molecule has 0 aliphatic heterocycles. The van der Waals surface area contributed by atoms with E-state index in [4.69, 9.17) is 0 Å². The first kappa shape index (κ1) is 11.9. The maximum Gasteiger partial charge on any atom is 0.0708 e. The molecule has 1 N–H and O–H groups in total. The number of aromatic nitrogens is 1. The molecule has 19 heavy (non-hydrogen) atoms. The van der Waals surface area contributed by atoms with Gasteiger partial charge in [0.25, 0.3) is 0 Å². The second-order valence-electron chi connectivity index (χ2n) is 4.70. The molecule has 0 unspecified atom stereocenters. The molecule has 0 aliphatic carbocycles. The van der Waals surface area contributed by atoms with Crippen LogP contribution in [-0.2, 0) is 6.61 Å². The number of hydrogen-bond acceptors (Lipinski definition) is 2. The number of pyridine rings is 1. The molecule has 1 aromatic heterocycles. The summed E-state index contributed by atoms with van der Waals surface area (Å²) in [5.41, 5.74) is 5.22. The number of hydrogen-bond donors (Lipinski definition) is 1. The van der Waals surface area contributed by atoms with Gasteiger partial charge in [-0.05, 0) is 30.2 Å². The van der Waals surface area contributed by atoms with Gasteiger partial charge >= 0.3 is 0 Å². The van der Waals surface area contributed by atoms with E-state index in [0.717, 1.165) is 27.6 Å². The second kappa shape index (κ2) is 4.82. The molecule has 0 aliphatic rings. The third-order valence-corrected chi connectivity index (χ3v) is 3.33. The Hall–Kier alpha value is -2.19. The summed E-state index contributed by atoms with van der Waals surface area (Å²) in [4.78, 5) is 4.42. The SMILES string of the molecule is Cc1ccc2ncc(CO)c(-c3ccccc3)c2c1. The molecule has 0 amide bonds. The van der Waals surface area contributed by atoms with Crippen LogP contribution >= 0.6 is 0 Å². The Bertz CT molecular complexity index is 720. The Morgan fingerprint density at radius 1 is 1.05 bits per heavy atom. The molecule has 0 saturated heterocycles. The second-order valence-corrected chi connectivity index (χ2v) is 4.70. The lowest BCUT2D eigenvalue weighted by Gasteiger charge is -2.12. The van der Waals surface area contributed by atoms with Crippen molar-refractivity contribution in [1.29, 1.82) is 0 Å². The molecule has 0 bridgehead atoms. The van der Waals surface area contributed by atoms with Crippen LogP contribution in [0.4, 0.5) is 0 Å². The number of rotatable bonds is 2. The molecule has 3 aromatic rings. The fourth-order valence-electron chi connectivity index (χ4n) is 2.41. The van der Waals surface area contributed by atoms with Gasteiger partial charge in [-0.15, -0.1) is 0 Å². The smallest absolute Gasteiger partial charge is 0.0708 e. The van der Waals surface area contributed by atoms with Gasteiger partial charge in [0.15, 0.2) is 0 Å². The van der Waals surface area contributed by atoms with E-state index in [1.54, 1.807) is 6.20 Å². The lowest BCUT2D eigenvalue weighted by molar-refractivity contribution is 0.282. The highest BCUT2D eigenvalue weighted by Crippen LogP contribution is 2.31. The van der Waals surface area contributed by atoms with Gasteiger partial charge in [-0.3, -0.25) is 4.98 Å². The van der Waals surface area contributed by atoms with Crippen LogP contribution in [0.15, 0.2) is 54.7 Å². The standard InChI is InChI=1S/C17H15NO/c1-12-7-8-16-15(9-12)17(14(11-19)10-18-16)13-5-3-2-4-6-13/h2-10,19H,11H2,1H3. The molecule has 0 radical (unpaired) electrons. The summed E-state index contributed by atoms with van der Waals surface area (Å²) in [6.07, 6.45) is 1.76. The summed E-state index contributed by atoms with van der Waals surface area (Å²) in [6.45, 7) is 2.07. The van der Waals surface area contributed by atoms with Crippen molar-refractivity contribution in [3.63, 3.8) is 0 Å². The zero-order valence-electron chi connectivity index (χ0n) is 10.8. The van der Waals surface area contributed by atoms with Crippen LogP contribution in [-0.4, -0.2) is 10.1 Å². The number of aryl methyl sites for hydroxylation is 1. The third-order valence-electron chi connectivity index (χ3n) is 3.33. The minimum absolute atomic E-state index is 0.00110. The van der Waals surface area contributed by atoms with Crippen molar-refractivity contribution >= 4 is 10.9 Å². The van der Waals surface area contributed by atoms with Crippen molar-refractivity contribution in [2.45, 2.75) is 13.5 Å². The molecule has 1 heterocycles. The van der Waals surface area contributed by atoms with E-state index in [1.807, 2.05) is 24.3 Å². The normalized spacial score (nSPS) is 10.8. The first-order chi connectivity index (χ1) is 9.29. The minimum Gasteiger partial charge on any atom is -0.392 e. The molecule has 0 saturated carbocycles. The Kier molecular flexibility index (Phi) is 3.02. The minimum atomic E-state index is 0.00110. The van der Waals surface area contributed by atoms with Gasteiger partial charge in [0.05, 0.1) is 12.1 Å². The van der Waals surface area contributed by atoms with E-state index in [-0.39, 0.29) is 6.61 Å². The first-order valence-corrected chi connectivity index (χ1v) is 6.34. The number of aliphatic hydroxyl groups excluding tert-OH is 1. The van der Waals surface area contributed by atoms with Gasteiger partial charge in [0.2, 0.25) is 0 Å². The molecular formula is C17H15NO. The van der Waals surface area contributed by atoms with Crippen LogP contribution < -0.4 is 0 Å². The summed E-state index contributed by atoms with van der Waals surface area (Å²) >= 11 is 0. The predicted molar refractivity (Wildman–Crippen MR) is 77.8 cm³/mol. The fourth-order valence-corrected chi connectivity index (χ4v) is 2.41. The highest BCUT2D eigenvalue weighted by Gasteiger charge is 2.10. The van der Waals surface area contributed by atoms with E-state index in [1.165, 1.54) is 5.56 Å². The summed E-state index contributed by atoms with van der Waals surface area (Å²) in [6, 6.07) is 16.4. The molecule has 2 heteroatoms. The zero-order valence-corrected chi connectivity index (χ0v) is 10.8. The topological polar surface area (TPSA) is 33.1 Å². The molecule has 94 valence electrons. The van der Waals surface area contributed by atoms with Gasteiger partial charge in [0.1, 0.15) is 0 Å². The average Bonchev–Trinajstić information content (AvgIpc) is 2.46. The molecule has 2 nitrogen and oxygen atoms in total. The Balaban J connectivity index is 2.39. The van der Waals surface area contributed by atoms with Crippen LogP contribution in [0.5, 0.6) is 0 Å². The van der Waals surface area contributed by atoms with Crippen molar-refractivity contribution in [2.75, 3.05) is 0 Å². The van der Waals surface area contributed by atoms with Crippen LogP contribution in [0.2, 0.25) is 0 Å². The van der Waals surface area contributed by atoms with E-state index < -0.39 is 0 Å². The van der Waals surface area contributed by atoms with Crippen LogP contribution in [0, 0.1) is 6.92 Å². The summed E-state index contributed by atoms with van der Waals surface area (Å²) in [5, 5.41) is 10.7. The highest BCUT2D eigenvalue weighted by molar-refractivity contribution is 5.96. The largest absolute Gasteiger partial charge is 0.392 e. The van der Waals surface area contributed by atoms with Crippen molar-refractivity contribution in [2.24, 2.45) is 0 Å². The molecular weight excluding hydrogens is 234 g/mol. The lowest BCUT2D eigenvalue weighted by atomic mass is 9.96. The van der Waals surface area contributed by atoms with Gasteiger partial charge in [-0.25, -0.2) is 0 Å². The molecule has 0 atom stereocenters. The molecule has 0 fully saturated rings. The van der Waals surface area contributed by atoms with E-state index in [2.05, 4.69) is 36.2 Å². The quantitative estimate of drug-likeness (QED) is 0.751. The van der Waals surface area contributed by atoms with Gasteiger partial charge in [0, 0.05) is 17.1 Å². The lowest BCUT2D eigenvalue weighted by Crippen LogP contribution is -1.94. The van der Waals surface area contributed by atoms with Gasteiger partial charge < -0.3 is 5.11 Å². The first-order valence-electron chi connectivity index (χ1n) is 6.34. The van der Waals surface area contributed by atoms with Crippen molar-refractivity contribution in [1.82, 2.24) is 4.98 Å². The number of aliphatic hydroxyl groups is 1. The van der Waals surface area contributed by atoms with Crippen molar-refractivity contribution < 1.29 is 5.11 Å². The van der Waals surface area contributed by atoms with Crippen molar-refractivity contribution in [3.8, 4) is 11.1 Å². The maximum atomic E-state index is 9.57. The van der Waals surface area contributed by atoms with Crippen LogP contribution in [0.1, 0.15) is 11.1 Å². The van der Waals surface area contributed by atoms with Gasteiger partial charge in [-0.2, -0.15) is 0 Å². The zero-order chi connectivity index (χ0) is 13.2. The summed E-state index contributed by atoms with van der Waals surface area (Å²) in [7, 11) is 0.